The van der Waals surface area contributed by atoms with E-state index in [1.165, 1.54) is 0 Å². The van der Waals surface area contributed by atoms with Crippen molar-refractivity contribution in [2.75, 3.05) is 33.4 Å². The molecule has 5 nitrogen and oxygen atoms in total. The molecule has 0 radical (unpaired) electrons. The Morgan fingerprint density at radius 1 is 1.44 bits per heavy atom. The average molecular weight is 391 g/mol. The molecule has 0 spiro atoms. The summed E-state index contributed by atoms with van der Waals surface area (Å²) in [5, 5.41) is 0.399. The highest BCUT2D eigenvalue weighted by atomic mass is 35.5. The lowest BCUT2D eigenvalue weighted by Gasteiger charge is -2.19. The Morgan fingerprint density at radius 2 is 2.16 bits per heavy atom. The van der Waals surface area contributed by atoms with Gasteiger partial charge in [-0.25, -0.2) is 0 Å². The molecule has 1 unspecified atom stereocenters. The van der Waals surface area contributed by atoms with E-state index in [0.29, 0.717) is 53.6 Å². The first-order valence-corrected chi connectivity index (χ1v) is 8.83. The van der Waals surface area contributed by atoms with Gasteiger partial charge in [0.25, 0.3) is 5.91 Å². The van der Waals surface area contributed by atoms with Crippen LogP contribution in [0.4, 0.5) is 0 Å². The van der Waals surface area contributed by atoms with Gasteiger partial charge in [0.05, 0.1) is 18.7 Å². The minimum atomic E-state index is -0.0418. The van der Waals surface area contributed by atoms with E-state index in [0.717, 1.165) is 19.4 Å². The number of hydrogen-bond donors (Lipinski definition) is 1. The summed E-state index contributed by atoms with van der Waals surface area (Å²) < 4.78 is 11.1. The largest absolute Gasteiger partial charge is 0.493 e. The summed E-state index contributed by atoms with van der Waals surface area (Å²) in [4.78, 5) is 14.5. The van der Waals surface area contributed by atoms with Gasteiger partial charge in [-0.05, 0) is 43.4 Å². The number of methoxy groups -OCH3 is 1. The third-order valence-electron chi connectivity index (χ3n) is 4.32. The standard InChI is InChI=1S/C18H27ClN2O3.ClH/c1-12(2)5-7-24-17-15(19)8-14(9-16(17)23-3)18(22)21-6-4-13(10-20)11-21;/h8-9,12-13H,4-7,10-11,20H2,1-3H3;1H. The third-order valence-corrected chi connectivity index (χ3v) is 4.61. The molecule has 0 saturated carbocycles. The fourth-order valence-electron chi connectivity index (χ4n) is 2.77. The van der Waals surface area contributed by atoms with Crippen LogP contribution in [0.2, 0.25) is 5.02 Å². The van der Waals surface area contributed by atoms with Gasteiger partial charge in [0.1, 0.15) is 0 Å². The normalized spacial score (nSPS) is 16.7. The lowest BCUT2D eigenvalue weighted by Crippen LogP contribution is -2.29. The Balaban J connectivity index is 0.00000312. The third kappa shape index (κ3) is 5.66. The van der Waals surface area contributed by atoms with Crippen molar-refractivity contribution in [3.8, 4) is 11.5 Å². The number of benzene rings is 1. The molecular formula is C18H28Cl2N2O3. The van der Waals surface area contributed by atoms with Gasteiger partial charge in [0.15, 0.2) is 11.5 Å². The maximum absolute atomic E-state index is 12.7. The Morgan fingerprint density at radius 3 is 2.72 bits per heavy atom. The highest BCUT2D eigenvalue weighted by molar-refractivity contribution is 6.32. The molecule has 1 saturated heterocycles. The molecule has 25 heavy (non-hydrogen) atoms. The van der Waals surface area contributed by atoms with E-state index < -0.39 is 0 Å². The molecule has 0 aromatic heterocycles. The van der Waals surface area contributed by atoms with Crippen LogP contribution in [-0.4, -0.2) is 44.2 Å². The molecule has 142 valence electrons. The van der Waals surface area contributed by atoms with Crippen LogP contribution in [-0.2, 0) is 0 Å². The first kappa shape index (κ1) is 21.9. The molecule has 0 aliphatic carbocycles. The smallest absolute Gasteiger partial charge is 0.254 e. The zero-order chi connectivity index (χ0) is 17.7. The Kier molecular flexibility index (Phi) is 8.83. The Labute approximate surface area is 161 Å². The average Bonchev–Trinajstić information content (AvgIpc) is 3.04. The zero-order valence-corrected chi connectivity index (χ0v) is 16.7. The quantitative estimate of drug-likeness (QED) is 0.771. The summed E-state index contributed by atoms with van der Waals surface area (Å²) in [5.74, 6) is 1.87. The topological polar surface area (TPSA) is 64.8 Å². The van der Waals surface area contributed by atoms with E-state index in [1.54, 1.807) is 19.2 Å². The number of rotatable bonds is 7. The van der Waals surface area contributed by atoms with Crippen LogP contribution >= 0.6 is 24.0 Å². The molecular weight excluding hydrogens is 363 g/mol. The van der Waals surface area contributed by atoms with Crippen molar-refractivity contribution in [2.24, 2.45) is 17.6 Å². The van der Waals surface area contributed by atoms with Crippen LogP contribution in [0.5, 0.6) is 11.5 Å². The second kappa shape index (κ2) is 10.1. The van der Waals surface area contributed by atoms with Crippen LogP contribution < -0.4 is 15.2 Å². The van der Waals surface area contributed by atoms with Crippen LogP contribution in [0.1, 0.15) is 37.0 Å². The van der Waals surface area contributed by atoms with Crippen LogP contribution in [0.25, 0.3) is 0 Å². The van der Waals surface area contributed by atoms with E-state index in [1.807, 2.05) is 4.90 Å². The molecule has 7 heteroatoms. The van der Waals surface area contributed by atoms with Crippen molar-refractivity contribution in [3.05, 3.63) is 22.7 Å². The molecule has 1 amide bonds. The predicted octanol–water partition coefficient (Wildman–Crippen LogP) is 3.62. The molecule has 1 fully saturated rings. The second-order valence-corrected chi connectivity index (χ2v) is 7.07. The van der Waals surface area contributed by atoms with Gasteiger partial charge in [-0.3, -0.25) is 4.79 Å². The van der Waals surface area contributed by atoms with Crippen molar-refractivity contribution in [1.29, 1.82) is 0 Å². The molecule has 1 aromatic rings. The van der Waals surface area contributed by atoms with E-state index in [2.05, 4.69) is 13.8 Å². The summed E-state index contributed by atoms with van der Waals surface area (Å²) in [5.41, 5.74) is 6.22. The maximum Gasteiger partial charge on any atom is 0.254 e. The molecule has 2 rings (SSSR count). The zero-order valence-electron chi connectivity index (χ0n) is 15.1. The maximum atomic E-state index is 12.7. The molecule has 0 bridgehead atoms. The molecule has 1 heterocycles. The lowest BCUT2D eigenvalue weighted by molar-refractivity contribution is 0.0787. The molecule has 1 aromatic carbocycles. The van der Waals surface area contributed by atoms with Gasteiger partial charge in [0.2, 0.25) is 0 Å². The minimum absolute atomic E-state index is 0. The van der Waals surface area contributed by atoms with Crippen LogP contribution in [0.3, 0.4) is 0 Å². The highest BCUT2D eigenvalue weighted by Gasteiger charge is 2.27. The summed E-state index contributed by atoms with van der Waals surface area (Å²) in [6.07, 6.45) is 1.87. The number of hydrogen-bond acceptors (Lipinski definition) is 4. The van der Waals surface area contributed by atoms with Gasteiger partial charge in [-0.15, -0.1) is 12.4 Å². The first-order valence-electron chi connectivity index (χ1n) is 8.45. The highest BCUT2D eigenvalue weighted by Crippen LogP contribution is 2.37. The summed E-state index contributed by atoms with van der Waals surface area (Å²) in [6, 6.07) is 3.36. The van der Waals surface area contributed by atoms with Gasteiger partial charge in [-0.1, -0.05) is 25.4 Å². The number of amides is 1. The number of likely N-dealkylation sites (tertiary alicyclic amines) is 1. The van der Waals surface area contributed by atoms with Gasteiger partial charge in [0, 0.05) is 18.7 Å². The van der Waals surface area contributed by atoms with E-state index in [-0.39, 0.29) is 18.3 Å². The fraction of sp³-hybridized carbons (Fsp3) is 0.611. The number of carbonyl (C=O) groups is 1. The first-order chi connectivity index (χ1) is 11.5. The van der Waals surface area contributed by atoms with Crippen molar-refractivity contribution in [1.82, 2.24) is 4.90 Å². The summed E-state index contributed by atoms with van der Waals surface area (Å²) in [7, 11) is 1.55. The lowest BCUT2D eigenvalue weighted by atomic mass is 10.1. The van der Waals surface area contributed by atoms with Crippen LogP contribution in [0, 0.1) is 11.8 Å². The minimum Gasteiger partial charge on any atom is -0.493 e. The predicted molar refractivity (Wildman–Crippen MR) is 103 cm³/mol. The van der Waals surface area contributed by atoms with Gasteiger partial charge in [-0.2, -0.15) is 0 Å². The van der Waals surface area contributed by atoms with E-state index in [4.69, 9.17) is 26.8 Å². The van der Waals surface area contributed by atoms with E-state index in [9.17, 15) is 4.79 Å². The molecule has 1 atom stereocenters. The number of nitrogens with zero attached hydrogens (tertiary/aromatic N) is 1. The monoisotopic (exact) mass is 390 g/mol. The van der Waals surface area contributed by atoms with Crippen LogP contribution in [0.15, 0.2) is 12.1 Å². The number of halogens is 2. The van der Waals surface area contributed by atoms with Crippen molar-refractivity contribution >= 4 is 29.9 Å². The van der Waals surface area contributed by atoms with Crippen molar-refractivity contribution in [3.63, 3.8) is 0 Å². The Bertz CT molecular complexity index is 582. The van der Waals surface area contributed by atoms with Crippen molar-refractivity contribution in [2.45, 2.75) is 26.7 Å². The summed E-state index contributed by atoms with van der Waals surface area (Å²) in [6.45, 7) is 6.86. The van der Waals surface area contributed by atoms with E-state index >= 15 is 0 Å². The number of nitrogens with two attached hydrogens (primary N) is 1. The van der Waals surface area contributed by atoms with Gasteiger partial charge < -0.3 is 20.1 Å². The second-order valence-electron chi connectivity index (χ2n) is 6.66. The molecule has 1 aliphatic heterocycles. The number of ether oxygens (including phenoxy) is 2. The fourth-order valence-corrected chi connectivity index (χ4v) is 3.04. The van der Waals surface area contributed by atoms with Crippen molar-refractivity contribution < 1.29 is 14.3 Å². The molecule has 2 N–H and O–H groups in total. The van der Waals surface area contributed by atoms with Gasteiger partial charge >= 0.3 is 0 Å². The molecule has 1 aliphatic rings. The Hall–Kier alpha value is -1.17. The number of carbonyl (C=O) groups excluding carboxylic acids is 1. The SMILES string of the molecule is COc1cc(C(=O)N2CCC(CN)C2)cc(Cl)c1OCCC(C)C.Cl. The summed E-state index contributed by atoms with van der Waals surface area (Å²) >= 11 is 6.34.